The van der Waals surface area contributed by atoms with Crippen molar-refractivity contribution in [2.45, 2.75) is 38.3 Å². The average molecular weight is 221 g/mol. The molecule has 16 heavy (non-hydrogen) atoms. The van der Waals surface area contributed by atoms with E-state index in [1.54, 1.807) is 0 Å². The zero-order valence-electron chi connectivity index (χ0n) is 10.8. The summed E-state index contributed by atoms with van der Waals surface area (Å²) in [5, 5.41) is 0. The molecular weight excluding hydrogens is 198 g/mol. The van der Waals surface area contributed by atoms with Crippen molar-refractivity contribution in [3.8, 4) is 0 Å². The number of aromatic nitrogens is 1. The molecule has 0 amide bonds. The zero-order chi connectivity index (χ0) is 12.2. The van der Waals surface area contributed by atoms with Crippen LogP contribution in [0.25, 0.3) is 0 Å². The molecule has 0 aliphatic heterocycles. The van der Waals surface area contributed by atoms with E-state index in [9.17, 15) is 0 Å². The van der Waals surface area contributed by atoms with E-state index in [1.165, 1.54) is 5.56 Å². The Morgan fingerprint density at radius 3 is 2.31 bits per heavy atom. The number of hydrogen-bond acceptors (Lipinski definition) is 3. The van der Waals surface area contributed by atoms with Gasteiger partial charge < -0.3 is 10.6 Å². The van der Waals surface area contributed by atoms with Crippen LogP contribution >= 0.6 is 0 Å². The molecule has 1 atom stereocenters. The third kappa shape index (κ3) is 4.29. The number of rotatable bonds is 5. The van der Waals surface area contributed by atoms with Crippen LogP contribution in [0.3, 0.4) is 0 Å². The van der Waals surface area contributed by atoms with Crippen molar-refractivity contribution in [1.29, 1.82) is 0 Å². The van der Waals surface area contributed by atoms with E-state index in [2.05, 4.69) is 50.0 Å². The van der Waals surface area contributed by atoms with Gasteiger partial charge in [0, 0.05) is 24.0 Å². The van der Waals surface area contributed by atoms with E-state index in [4.69, 9.17) is 5.73 Å². The van der Waals surface area contributed by atoms with Crippen LogP contribution in [-0.4, -0.2) is 29.5 Å². The van der Waals surface area contributed by atoms with E-state index < -0.39 is 0 Å². The van der Waals surface area contributed by atoms with Gasteiger partial charge in [-0.1, -0.05) is 0 Å². The predicted octanol–water partition coefficient (Wildman–Crippen LogP) is 2.20. The molecule has 0 fully saturated rings. The number of nitrogens with two attached hydrogens (primary N) is 1. The smallest absolute Gasteiger partial charge is 0.0343 e. The Hall–Kier alpha value is -0.930. The fraction of sp³-hybridized carbons (Fsp3) is 0.615. The number of hydrogen-bond donors (Lipinski definition) is 1. The van der Waals surface area contributed by atoms with Crippen LogP contribution in [-0.2, 0) is 0 Å². The topological polar surface area (TPSA) is 42.1 Å². The molecule has 90 valence electrons. The second-order valence-corrected chi connectivity index (χ2v) is 5.29. The minimum atomic E-state index is -0.0959. The number of nitrogens with zero attached hydrogens (tertiary/aromatic N) is 2. The van der Waals surface area contributed by atoms with Crippen LogP contribution < -0.4 is 5.73 Å². The van der Waals surface area contributed by atoms with Gasteiger partial charge in [-0.3, -0.25) is 4.98 Å². The summed E-state index contributed by atoms with van der Waals surface area (Å²) in [4.78, 5) is 6.29. The van der Waals surface area contributed by atoms with Crippen molar-refractivity contribution >= 4 is 0 Å². The molecule has 0 aromatic carbocycles. The Balaban J connectivity index is 2.70. The largest absolute Gasteiger partial charge is 0.326 e. The van der Waals surface area contributed by atoms with E-state index in [1.807, 2.05) is 12.4 Å². The summed E-state index contributed by atoms with van der Waals surface area (Å²) < 4.78 is 0. The lowest BCUT2D eigenvalue weighted by Crippen LogP contribution is -2.33. The summed E-state index contributed by atoms with van der Waals surface area (Å²) in [5.41, 5.74) is 7.24. The first kappa shape index (κ1) is 13.1. The highest BCUT2D eigenvalue weighted by molar-refractivity contribution is 5.15. The summed E-state index contributed by atoms with van der Waals surface area (Å²) in [6, 6.07) is 4.58. The zero-order valence-corrected chi connectivity index (χ0v) is 10.8. The van der Waals surface area contributed by atoms with Gasteiger partial charge in [0.25, 0.3) is 0 Å². The quantitative estimate of drug-likeness (QED) is 0.829. The lowest BCUT2D eigenvalue weighted by molar-refractivity contribution is 0.261. The SMILES string of the molecule is CN(C)C(CCC(C)(C)N)c1ccncc1. The molecule has 3 heteroatoms. The summed E-state index contributed by atoms with van der Waals surface area (Å²) in [6.07, 6.45) is 5.78. The minimum absolute atomic E-state index is 0.0959. The van der Waals surface area contributed by atoms with Crippen molar-refractivity contribution in [2.75, 3.05) is 14.1 Å². The normalized spacial score (nSPS) is 14.1. The molecule has 0 aliphatic rings. The molecule has 0 saturated heterocycles. The first-order valence-electron chi connectivity index (χ1n) is 5.75. The first-order valence-corrected chi connectivity index (χ1v) is 5.75. The molecule has 0 saturated carbocycles. The number of pyridine rings is 1. The highest BCUT2D eigenvalue weighted by Gasteiger charge is 2.18. The monoisotopic (exact) mass is 221 g/mol. The lowest BCUT2D eigenvalue weighted by Gasteiger charge is -2.28. The molecule has 1 rings (SSSR count). The third-order valence-corrected chi connectivity index (χ3v) is 2.78. The molecular formula is C13H23N3. The first-order chi connectivity index (χ1) is 7.40. The summed E-state index contributed by atoms with van der Waals surface area (Å²) in [6.45, 7) is 4.15. The molecule has 1 heterocycles. The maximum Gasteiger partial charge on any atom is 0.0343 e. The maximum absolute atomic E-state index is 6.03. The van der Waals surface area contributed by atoms with Gasteiger partial charge in [0.1, 0.15) is 0 Å². The van der Waals surface area contributed by atoms with Crippen LogP contribution in [0.2, 0.25) is 0 Å². The van der Waals surface area contributed by atoms with Gasteiger partial charge in [0.2, 0.25) is 0 Å². The van der Waals surface area contributed by atoms with Gasteiger partial charge in [-0.15, -0.1) is 0 Å². The average Bonchev–Trinajstić information content (AvgIpc) is 2.17. The standard InChI is InChI=1S/C13H23N3/c1-13(2,14)8-5-12(16(3)4)11-6-9-15-10-7-11/h6-7,9-10,12H,5,8,14H2,1-4H3. The summed E-state index contributed by atoms with van der Waals surface area (Å²) >= 11 is 0. The molecule has 1 unspecified atom stereocenters. The Morgan fingerprint density at radius 2 is 1.88 bits per heavy atom. The van der Waals surface area contributed by atoms with Crippen LogP contribution in [0.4, 0.5) is 0 Å². The van der Waals surface area contributed by atoms with Crippen LogP contribution in [0, 0.1) is 0 Å². The van der Waals surface area contributed by atoms with Gasteiger partial charge >= 0.3 is 0 Å². The van der Waals surface area contributed by atoms with E-state index in [0.717, 1.165) is 12.8 Å². The highest BCUT2D eigenvalue weighted by Crippen LogP contribution is 2.25. The Morgan fingerprint density at radius 1 is 1.31 bits per heavy atom. The van der Waals surface area contributed by atoms with E-state index >= 15 is 0 Å². The second kappa shape index (κ2) is 5.41. The van der Waals surface area contributed by atoms with Gasteiger partial charge in [0.15, 0.2) is 0 Å². The van der Waals surface area contributed by atoms with E-state index in [0.29, 0.717) is 6.04 Å². The van der Waals surface area contributed by atoms with Gasteiger partial charge in [-0.2, -0.15) is 0 Å². The van der Waals surface area contributed by atoms with Crippen LogP contribution in [0.15, 0.2) is 24.5 Å². The molecule has 0 spiro atoms. The molecule has 0 radical (unpaired) electrons. The van der Waals surface area contributed by atoms with Crippen LogP contribution in [0.1, 0.15) is 38.3 Å². The molecule has 1 aromatic rings. The third-order valence-electron chi connectivity index (χ3n) is 2.78. The van der Waals surface area contributed by atoms with Crippen LogP contribution in [0.5, 0.6) is 0 Å². The fourth-order valence-electron chi connectivity index (χ4n) is 1.82. The fourth-order valence-corrected chi connectivity index (χ4v) is 1.82. The lowest BCUT2D eigenvalue weighted by atomic mass is 9.93. The molecule has 3 nitrogen and oxygen atoms in total. The molecule has 0 bridgehead atoms. The molecule has 1 aromatic heterocycles. The van der Waals surface area contributed by atoms with Gasteiger partial charge in [0.05, 0.1) is 0 Å². The van der Waals surface area contributed by atoms with E-state index in [-0.39, 0.29) is 5.54 Å². The van der Waals surface area contributed by atoms with Gasteiger partial charge in [-0.05, 0) is 58.5 Å². The Kier molecular flexibility index (Phi) is 4.44. The van der Waals surface area contributed by atoms with Gasteiger partial charge in [-0.25, -0.2) is 0 Å². The molecule has 2 N–H and O–H groups in total. The highest BCUT2D eigenvalue weighted by atomic mass is 15.1. The predicted molar refractivity (Wildman–Crippen MR) is 68.2 cm³/mol. The maximum atomic E-state index is 6.03. The minimum Gasteiger partial charge on any atom is -0.326 e. The van der Waals surface area contributed by atoms with Crippen molar-refractivity contribution in [3.63, 3.8) is 0 Å². The van der Waals surface area contributed by atoms with Crippen molar-refractivity contribution < 1.29 is 0 Å². The van der Waals surface area contributed by atoms with Crippen molar-refractivity contribution in [3.05, 3.63) is 30.1 Å². The molecule has 0 aliphatic carbocycles. The Bertz CT molecular complexity index is 301. The summed E-state index contributed by atoms with van der Waals surface area (Å²) in [7, 11) is 4.21. The van der Waals surface area contributed by atoms with Crippen molar-refractivity contribution in [2.24, 2.45) is 5.73 Å². The van der Waals surface area contributed by atoms with Crippen molar-refractivity contribution in [1.82, 2.24) is 9.88 Å². The second-order valence-electron chi connectivity index (χ2n) is 5.29. The Labute approximate surface area is 98.7 Å². The summed E-state index contributed by atoms with van der Waals surface area (Å²) in [5.74, 6) is 0.